The van der Waals surface area contributed by atoms with E-state index in [0.29, 0.717) is 0 Å². The minimum Gasteiger partial charge on any atom is -0.481 e. The third-order valence-corrected chi connectivity index (χ3v) is 4.08. The van der Waals surface area contributed by atoms with E-state index >= 15 is 0 Å². The zero-order valence-electron chi connectivity index (χ0n) is 11.9. The zero-order valence-corrected chi connectivity index (χ0v) is 11.9. The molecule has 1 fully saturated rings. The Bertz CT molecular complexity index is 425. The lowest BCUT2D eigenvalue weighted by molar-refractivity contribution is -0.138. The Kier molecular flexibility index (Phi) is 5.56. The van der Waals surface area contributed by atoms with Gasteiger partial charge in [0.2, 0.25) is 0 Å². The summed E-state index contributed by atoms with van der Waals surface area (Å²) in [7, 11) is 0. The lowest BCUT2D eigenvalue weighted by Gasteiger charge is -2.26. The molecule has 1 aromatic carbocycles. The molecule has 4 nitrogen and oxygen atoms in total. The molecule has 4 heteroatoms. The van der Waals surface area contributed by atoms with Crippen LogP contribution in [0.4, 0.5) is 0 Å². The fraction of sp³-hybridized carbons (Fsp3) is 0.562. The van der Waals surface area contributed by atoms with Crippen molar-refractivity contribution in [3.63, 3.8) is 0 Å². The second kappa shape index (κ2) is 7.41. The van der Waals surface area contributed by atoms with Gasteiger partial charge in [0.25, 0.3) is 0 Å². The van der Waals surface area contributed by atoms with E-state index in [1.165, 1.54) is 37.9 Å². The topological polar surface area (TPSA) is 66.6 Å². The van der Waals surface area contributed by atoms with Crippen molar-refractivity contribution in [2.75, 3.05) is 26.2 Å². The highest BCUT2D eigenvalue weighted by molar-refractivity contribution is 5.76. The highest BCUT2D eigenvalue weighted by atomic mass is 16.4. The summed E-state index contributed by atoms with van der Waals surface area (Å²) in [5.74, 6) is -1.44. The molecule has 0 amide bonds. The summed E-state index contributed by atoms with van der Waals surface area (Å²) in [6.45, 7) is 3.67. The van der Waals surface area contributed by atoms with Gasteiger partial charge in [-0.15, -0.1) is 0 Å². The normalized spacial score (nSPS) is 17.9. The molecule has 110 valence electrons. The third-order valence-electron chi connectivity index (χ3n) is 4.08. The van der Waals surface area contributed by atoms with Crippen LogP contribution in [0.15, 0.2) is 24.3 Å². The molecule has 0 bridgehead atoms. The molecular formula is C16H24N2O2. The van der Waals surface area contributed by atoms with E-state index in [-0.39, 0.29) is 6.54 Å². The average molecular weight is 276 g/mol. The molecule has 2 rings (SSSR count). The summed E-state index contributed by atoms with van der Waals surface area (Å²) in [5, 5.41) is 9.08. The number of benzene rings is 1. The smallest absolute Gasteiger partial charge is 0.312 e. The molecule has 0 spiro atoms. The van der Waals surface area contributed by atoms with Crippen LogP contribution in [0.5, 0.6) is 0 Å². The fourth-order valence-electron chi connectivity index (χ4n) is 2.77. The molecule has 20 heavy (non-hydrogen) atoms. The molecule has 3 N–H and O–H groups in total. The first-order valence-corrected chi connectivity index (χ1v) is 7.45. The Hall–Kier alpha value is -1.39. The van der Waals surface area contributed by atoms with E-state index in [4.69, 9.17) is 10.8 Å². The van der Waals surface area contributed by atoms with E-state index in [0.717, 1.165) is 18.5 Å². The molecule has 1 aromatic rings. The summed E-state index contributed by atoms with van der Waals surface area (Å²) in [6.07, 6.45) is 5.02. The first-order valence-electron chi connectivity index (χ1n) is 7.45. The van der Waals surface area contributed by atoms with Crippen molar-refractivity contribution in [3.8, 4) is 0 Å². The summed E-state index contributed by atoms with van der Waals surface area (Å²) in [5.41, 5.74) is 7.57. The van der Waals surface area contributed by atoms with E-state index in [2.05, 4.69) is 4.90 Å². The molecule has 1 aliphatic rings. The van der Waals surface area contributed by atoms with Gasteiger partial charge in [-0.05, 0) is 43.5 Å². The summed E-state index contributed by atoms with van der Waals surface area (Å²) >= 11 is 0. The number of nitrogens with two attached hydrogens (primary N) is 1. The van der Waals surface area contributed by atoms with E-state index < -0.39 is 11.9 Å². The van der Waals surface area contributed by atoms with Crippen molar-refractivity contribution >= 4 is 5.97 Å². The number of hydrogen-bond acceptors (Lipinski definition) is 3. The maximum Gasteiger partial charge on any atom is 0.312 e. The Balaban J connectivity index is 1.89. The largest absolute Gasteiger partial charge is 0.481 e. The fourth-order valence-corrected chi connectivity index (χ4v) is 2.77. The van der Waals surface area contributed by atoms with Crippen LogP contribution in [0.1, 0.15) is 36.3 Å². The number of hydrogen-bond donors (Lipinski definition) is 2. The molecule has 0 radical (unpaired) electrons. The lowest BCUT2D eigenvalue weighted by atomic mass is 9.97. The molecule has 1 aliphatic heterocycles. The first kappa shape index (κ1) is 15.0. The van der Waals surface area contributed by atoms with Gasteiger partial charge in [-0.2, -0.15) is 0 Å². The van der Waals surface area contributed by atoms with Crippen LogP contribution in [0.3, 0.4) is 0 Å². The molecule has 0 saturated carbocycles. The number of carbonyl (C=O) groups is 1. The van der Waals surface area contributed by atoms with Crippen molar-refractivity contribution < 1.29 is 9.90 Å². The highest BCUT2D eigenvalue weighted by Gasteiger charge is 2.17. The molecule has 1 atom stereocenters. The van der Waals surface area contributed by atoms with Crippen molar-refractivity contribution in [1.29, 1.82) is 0 Å². The number of aliphatic carboxylic acids is 1. The van der Waals surface area contributed by atoms with Crippen LogP contribution >= 0.6 is 0 Å². The molecule has 1 unspecified atom stereocenters. The Labute approximate surface area is 120 Å². The van der Waals surface area contributed by atoms with Crippen LogP contribution in [-0.4, -0.2) is 42.2 Å². The molecule has 1 heterocycles. The standard InChI is InChI=1S/C16H24N2O2/c17-12-15(16(19)20)14-6-4-13(5-7-14)8-11-18-9-2-1-3-10-18/h4-7,15H,1-3,8-12,17H2,(H,19,20). The SMILES string of the molecule is NCC(C(=O)O)c1ccc(CCN2CCCCC2)cc1. The number of nitrogens with zero attached hydrogens (tertiary/aromatic N) is 1. The number of carboxylic acids is 1. The van der Waals surface area contributed by atoms with E-state index in [9.17, 15) is 4.79 Å². The predicted molar refractivity (Wildman–Crippen MR) is 79.9 cm³/mol. The Morgan fingerprint density at radius 1 is 1.20 bits per heavy atom. The average Bonchev–Trinajstić information content (AvgIpc) is 2.48. The van der Waals surface area contributed by atoms with Gasteiger partial charge >= 0.3 is 5.97 Å². The second-order valence-corrected chi connectivity index (χ2v) is 5.52. The maximum atomic E-state index is 11.1. The highest BCUT2D eigenvalue weighted by Crippen LogP contribution is 2.16. The van der Waals surface area contributed by atoms with Crippen molar-refractivity contribution in [2.24, 2.45) is 5.73 Å². The van der Waals surface area contributed by atoms with Gasteiger partial charge in [-0.25, -0.2) is 0 Å². The number of carboxylic acid groups (broad SMARTS) is 1. The summed E-state index contributed by atoms with van der Waals surface area (Å²) < 4.78 is 0. The maximum absolute atomic E-state index is 11.1. The van der Waals surface area contributed by atoms with E-state index in [1.54, 1.807) is 0 Å². The van der Waals surface area contributed by atoms with Gasteiger partial charge in [-0.3, -0.25) is 4.79 Å². The predicted octanol–water partition coefficient (Wildman–Crippen LogP) is 1.84. The van der Waals surface area contributed by atoms with Gasteiger partial charge in [-0.1, -0.05) is 30.7 Å². The number of piperidine rings is 1. The molecular weight excluding hydrogens is 252 g/mol. The van der Waals surface area contributed by atoms with Crippen LogP contribution in [0.2, 0.25) is 0 Å². The van der Waals surface area contributed by atoms with Gasteiger partial charge in [0.15, 0.2) is 0 Å². The van der Waals surface area contributed by atoms with Gasteiger partial charge in [0.1, 0.15) is 0 Å². The summed E-state index contributed by atoms with van der Waals surface area (Å²) in [6, 6.07) is 7.87. The van der Waals surface area contributed by atoms with Crippen LogP contribution < -0.4 is 5.73 Å². The first-order chi connectivity index (χ1) is 9.70. The quantitative estimate of drug-likeness (QED) is 0.832. The summed E-state index contributed by atoms with van der Waals surface area (Å²) in [4.78, 5) is 13.6. The molecule has 0 aromatic heterocycles. The van der Waals surface area contributed by atoms with E-state index in [1.807, 2.05) is 24.3 Å². The Morgan fingerprint density at radius 3 is 2.40 bits per heavy atom. The molecule has 1 saturated heterocycles. The minimum absolute atomic E-state index is 0.141. The number of rotatable bonds is 6. The third kappa shape index (κ3) is 4.05. The van der Waals surface area contributed by atoms with Gasteiger partial charge in [0, 0.05) is 13.1 Å². The van der Waals surface area contributed by atoms with Crippen molar-refractivity contribution in [1.82, 2.24) is 4.90 Å². The molecule has 0 aliphatic carbocycles. The van der Waals surface area contributed by atoms with Gasteiger partial charge < -0.3 is 15.7 Å². The van der Waals surface area contributed by atoms with Crippen LogP contribution in [0.25, 0.3) is 0 Å². The number of likely N-dealkylation sites (tertiary alicyclic amines) is 1. The van der Waals surface area contributed by atoms with Crippen molar-refractivity contribution in [3.05, 3.63) is 35.4 Å². The zero-order chi connectivity index (χ0) is 14.4. The van der Waals surface area contributed by atoms with Gasteiger partial charge in [0.05, 0.1) is 5.92 Å². The lowest BCUT2D eigenvalue weighted by Crippen LogP contribution is -2.31. The van der Waals surface area contributed by atoms with Crippen molar-refractivity contribution in [2.45, 2.75) is 31.6 Å². The van der Waals surface area contributed by atoms with Crippen LogP contribution in [0, 0.1) is 0 Å². The Morgan fingerprint density at radius 2 is 1.85 bits per heavy atom. The second-order valence-electron chi connectivity index (χ2n) is 5.52. The van der Waals surface area contributed by atoms with Crippen LogP contribution in [-0.2, 0) is 11.2 Å². The monoisotopic (exact) mass is 276 g/mol. The minimum atomic E-state index is -0.853.